The fourth-order valence-corrected chi connectivity index (χ4v) is 5.76. The van der Waals surface area contributed by atoms with Crippen molar-refractivity contribution in [1.29, 1.82) is 0 Å². The first-order valence-corrected chi connectivity index (χ1v) is 13.7. The Hall–Kier alpha value is -2.65. The van der Waals surface area contributed by atoms with E-state index in [9.17, 15) is 0 Å². The van der Waals surface area contributed by atoms with Crippen molar-refractivity contribution in [3.05, 3.63) is 108 Å². The van der Waals surface area contributed by atoms with Crippen LogP contribution in [-0.2, 0) is 30.3 Å². The quantitative estimate of drug-likeness (QED) is 0.292. The van der Waals surface area contributed by atoms with Gasteiger partial charge in [0.2, 0.25) is 0 Å². The van der Waals surface area contributed by atoms with Gasteiger partial charge in [-0.25, -0.2) is 0 Å². The number of fused-ring (bicyclic) bond motifs is 1. The molecule has 0 amide bonds. The number of thioether (sulfide) groups is 1. The first-order chi connectivity index (χ1) is 18.6. The summed E-state index contributed by atoms with van der Waals surface area (Å²) in [5.41, 5.74) is 2.87. The molecule has 3 aromatic rings. The minimum atomic E-state index is -0.501. The maximum absolute atomic E-state index is 6.62. The number of ether oxygens (including phenoxy) is 6. The monoisotopic (exact) mass is 534 g/mol. The van der Waals surface area contributed by atoms with Gasteiger partial charge < -0.3 is 28.4 Å². The smallest absolute Gasteiger partial charge is 0.184 e. The van der Waals surface area contributed by atoms with Crippen LogP contribution in [0.25, 0.3) is 0 Å². The Bertz CT molecular complexity index is 1150. The van der Waals surface area contributed by atoms with Crippen LogP contribution in [-0.4, -0.2) is 50.2 Å². The molecule has 2 fully saturated rings. The molecule has 0 radical (unpaired) electrons. The number of hydrogen-bond acceptors (Lipinski definition) is 7. The van der Waals surface area contributed by atoms with Crippen molar-refractivity contribution in [3.8, 4) is 5.75 Å². The van der Waals surface area contributed by atoms with Crippen LogP contribution in [0.5, 0.6) is 5.75 Å². The van der Waals surface area contributed by atoms with E-state index < -0.39 is 12.4 Å². The van der Waals surface area contributed by atoms with E-state index >= 15 is 0 Å². The van der Waals surface area contributed by atoms with Crippen LogP contribution in [0.3, 0.4) is 0 Å². The molecule has 2 aliphatic heterocycles. The van der Waals surface area contributed by atoms with E-state index in [2.05, 4.69) is 37.8 Å². The molecule has 0 unspecified atom stereocenters. The van der Waals surface area contributed by atoms with Crippen molar-refractivity contribution >= 4 is 11.8 Å². The second-order valence-electron chi connectivity index (χ2n) is 9.36. The Morgan fingerprint density at radius 3 is 2.39 bits per heavy atom. The fourth-order valence-electron chi connectivity index (χ4n) is 4.63. The average molecular weight is 535 g/mol. The number of rotatable bonds is 10. The molecule has 2 saturated heterocycles. The van der Waals surface area contributed by atoms with Gasteiger partial charge in [0, 0.05) is 10.5 Å². The lowest BCUT2D eigenvalue weighted by atomic mass is 9.98. The maximum atomic E-state index is 6.62. The van der Waals surface area contributed by atoms with E-state index in [4.69, 9.17) is 28.4 Å². The second kappa shape index (κ2) is 12.9. The summed E-state index contributed by atoms with van der Waals surface area (Å²) in [6, 6.07) is 26.2. The number of hydrogen-bond donors (Lipinski definition) is 0. The summed E-state index contributed by atoms with van der Waals surface area (Å²) in [5.74, 6) is 0.806. The molecule has 38 heavy (non-hydrogen) atoms. The molecular formula is C31H34O6S. The van der Waals surface area contributed by atoms with Gasteiger partial charge in [0.15, 0.2) is 6.29 Å². The highest BCUT2D eigenvalue weighted by molar-refractivity contribution is 7.99. The van der Waals surface area contributed by atoms with Crippen LogP contribution >= 0.6 is 11.8 Å². The Morgan fingerprint density at radius 1 is 0.921 bits per heavy atom. The zero-order valence-electron chi connectivity index (χ0n) is 21.7. The van der Waals surface area contributed by atoms with Crippen molar-refractivity contribution in [2.45, 2.75) is 54.6 Å². The lowest BCUT2D eigenvalue weighted by Gasteiger charge is -2.49. The predicted molar refractivity (Wildman–Crippen MR) is 147 cm³/mol. The molecular weight excluding hydrogens is 500 g/mol. The van der Waals surface area contributed by atoms with Gasteiger partial charge in [-0.2, -0.15) is 0 Å². The third-order valence-corrected chi connectivity index (χ3v) is 7.79. The zero-order chi connectivity index (χ0) is 26.3. The van der Waals surface area contributed by atoms with Crippen molar-refractivity contribution < 1.29 is 28.4 Å². The molecule has 7 heteroatoms. The van der Waals surface area contributed by atoms with E-state index in [0.717, 1.165) is 21.8 Å². The van der Waals surface area contributed by atoms with Gasteiger partial charge in [-0.1, -0.05) is 78.0 Å². The van der Waals surface area contributed by atoms with Crippen molar-refractivity contribution in [2.24, 2.45) is 0 Å². The fraction of sp³-hybridized carbons (Fsp3) is 0.355. The van der Waals surface area contributed by atoms with Crippen LogP contribution in [0.15, 0.2) is 96.4 Å². The van der Waals surface area contributed by atoms with E-state index in [1.54, 1.807) is 24.9 Å². The third kappa shape index (κ3) is 6.49. The van der Waals surface area contributed by atoms with E-state index in [-0.39, 0.29) is 23.7 Å². The molecule has 5 rings (SSSR count). The summed E-state index contributed by atoms with van der Waals surface area (Å²) >= 11 is 1.63. The van der Waals surface area contributed by atoms with Crippen LogP contribution < -0.4 is 4.74 Å². The largest absolute Gasteiger partial charge is 0.497 e. The Morgan fingerprint density at radius 2 is 1.68 bits per heavy atom. The highest BCUT2D eigenvalue weighted by atomic mass is 32.2. The first-order valence-electron chi connectivity index (χ1n) is 12.8. The Labute approximate surface area is 228 Å². The zero-order valence-corrected chi connectivity index (χ0v) is 22.5. The summed E-state index contributed by atoms with van der Waals surface area (Å²) in [6.07, 6.45) is -0.207. The second-order valence-corrected chi connectivity index (χ2v) is 10.5. The van der Waals surface area contributed by atoms with E-state index in [1.807, 2.05) is 54.6 Å². The maximum Gasteiger partial charge on any atom is 0.184 e. The van der Waals surface area contributed by atoms with Gasteiger partial charge in [0.25, 0.3) is 0 Å². The van der Waals surface area contributed by atoms with Crippen molar-refractivity contribution in [2.75, 3.05) is 20.3 Å². The van der Waals surface area contributed by atoms with Crippen molar-refractivity contribution in [1.82, 2.24) is 0 Å². The molecule has 3 aromatic carbocycles. The molecule has 2 aliphatic rings. The van der Waals surface area contributed by atoms with Crippen molar-refractivity contribution in [3.63, 3.8) is 0 Å². The normalized spacial score (nSPS) is 26.9. The predicted octanol–water partition coefficient (Wildman–Crippen LogP) is 6.09. The van der Waals surface area contributed by atoms with Gasteiger partial charge >= 0.3 is 0 Å². The summed E-state index contributed by atoms with van der Waals surface area (Å²) in [6.45, 7) is 7.11. The summed E-state index contributed by atoms with van der Waals surface area (Å²) in [7, 11) is 1.66. The lowest BCUT2D eigenvalue weighted by molar-refractivity contribution is -0.327. The molecule has 0 aromatic heterocycles. The van der Waals surface area contributed by atoms with Gasteiger partial charge in [0.1, 0.15) is 35.6 Å². The molecule has 0 saturated carbocycles. The molecule has 6 atom stereocenters. The minimum Gasteiger partial charge on any atom is -0.497 e. The minimum absolute atomic E-state index is 0.298. The van der Waals surface area contributed by atoms with Crippen LogP contribution in [0.2, 0.25) is 0 Å². The molecule has 0 N–H and O–H groups in total. The first kappa shape index (κ1) is 26.9. The lowest BCUT2D eigenvalue weighted by Crippen LogP contribution is -2.62. The van der Waals surface area contributed by atoms with E-state index in [1.165, 1.54) is 5.56 Å². The summed E-state index contributed by atoms with van der Waals surface area (Å²) in [5, 5.41) is 0. The highest BCUT2D eigenvalue weighted by Crippen LogP contribution is 2.41. The molecule has 200 valence electrons. The standard InChI is InChI=1S/C31H34O6S/c1-4-18-33-28-27-26(20-35-30(37-27)23-8-6-5-7-9-23)36-31(38-25-16-10-21(2)11-17-25)29(28)34-19-22-12-14-24(32-3)15-13-22/h4-17,26-31H,1,18-20H2,2-3H3/t26-,27+,28+,29-,30-,31+/m1/s1. The molecule has 6 nitrogen and oxygen atoms in total. The molecule has 0 bridgehead atoms. The topological polar surface area (TPSA) is 55.4 Å². The van der Waals surface area contributed by atoms with Crippen LogP contribution in [0.4, 0.5) is 0 Å². The molecule has 0 spiro atoms. The van der Waals surface area contributed by atoms with E-state index in [0.29, 0.717) is 19.8 Å². The van der Waals surface area contributed by atoms with Gasteiger partial charge in [-0.15, -0.1) is 6.58 Å². The van der Waals surface area contributed by atoms with Crippen LogP contribution in [0, 0.1) is 6.92 Å². The van der Waals surface area contributed by atoms with Gasteiger partial charge in [-0.05, 0) is 36.8 Å². The highest BCUT2D eigenvalue weighted by Gasteiger charge is 2.51. The van der Waals surface area contributed by atoms with Gasteiger partial charge in [-0.3, -0.25) is 0 Å². The average Bonchev–Trinajstić information content (AvgIpc) is 2.97. The number of methoxy groups -OCH3 is 1. The Balaban J connectivity index is 1.41. The van der Waals surface area contributed by atoms with Gasteiger partial charge in [0.05, 0.1) is 26.9 Å². The SMILES string of the molecule is C=CCO[C@H]1[C@H]2O[C@H](c3ccccc3)OC[C@H]2O[C@@H](Sc2ccc(C)cc2)[C@@H]1OCc1ccc(OC)cc1. The molecule has 0 aliphatic carbocycles. The third-order valence-electron chi connectivity index (χ3n) is 6.64. The Kier molecular flexibility index (Phi) is 9.17. The van der Waals surface area contributed by atoms with Crippen LogP contribution in [0.1, 0.15) is 23.0 Å². The number of aryl methyl sites for hydroxylation is 1. The summed E-state index contributed by atoms with van der Waals surface area (Å²) in [4.78, 5) is 1.10. The molecule has 2 heterocycles. The summed E-state index contributed by atoms with van der Waals surface area (Å²) < 4.78 is 37.5. The number of benzene rings is 3.